The lowest BCUT2D eigenvalue weighted by atomic mass is 10.9. The second kappa shape index (κ2) is 5.92. The largest absolute Gasteiger partial charge is 0.635 e. The maximum Gasteiger partial charge on any atom is 0.635 e. The summed E-state index contributed by atoms with van der Waals surface area (Å²) in [6, 6.07) is 0. The zero-order valence-corrected chi connectivity index (χ0v) is 7.35. The van der Waals surface area contributed by atoms with E-state index in [1.807, 2.05) is 0 Å². The van der Waals surface area contributed by atoms with Gasteiger partial charge in [-0.15, -0.1) is 0 Å². The van der Waals surface area contributed by atoms with Crippen molar-refractivity contribution in [1.29, 1.82) is 0 Å². The molecule has 0 radical (unpaired) electrons. The van der Waals surface area contributed by atoms with Crippen molar-refractivity contribution in [2.45, 2.75) is 13.8 Å². The zero-order valence-electron chi connectivity index (χ0n) is 7.35. The lowest BCUT2D eigenvalue weighted by molar-refractivity contribution is -0.442. The minimum Gasteiger partial charge on any atom is -0.589 e. The van der Waals surface area contributed by atoms with Crippen molar-refractivity contribution in [3.8, 4) is 0 Å². The fourth-order valence-electron chi connectivity index (χ4n) is 0.446. The number of hydrogen-bond donors (Lipinski definition) is 0. The van der Waals surface area contributed by atoms with Gasteiger partial charge in [-0.05, 0) is 13.8 Å². The predicted molar refractivity (Wildman–Crippen MR) is 40.1 cm³/mol. The van der Waals surface area contributed by atoms with Gasteiger partial charge in [-0.25, -0.2) is 4.79 Å². The second-order valence-corrected chi connectivity index (χ2v) is 1.77. The molecule has 0 heterocycles. The summed E-state index contributed by atoms with van der Waals surface area (Å²) in [4.78, 5) is 20.6. The number of hydrogen-bond acceptors (Lipinski definition) is 5. The Bertz CT molecular complexity index is 225. The molecular weight excluding hydrogens is 180 g/mol. The van der Waals surface area contributed by atoms with E-state index in [1.54, 1.807) is 6.92 Å². The fourth-order valence-corrected chi connectivity index (χ4v) is 0.446. The van der Waals surface area contributed by atoms with Crippen molar-refractivity contribution >= 4 is 12.2 Å². The molecule has 0 unspecified atom stereocenters. The molecule has 0 atom stereocenters. The molecule has 0 aromatic heterocycles. The monoisotopic (exact) mass is 190 g/mol. The van der Waals surface area contributed by atoms with Crippen molar-refractivity contribution in [3.63, 3.8) is 0 Å². The molecule has 0 N–H and O–H groups in total. The molecule has 2 amide bonds. The van der Waals surface area contributed by atoms with E-state index in [9.17, 15) is 14.8 Å². The van der Waals surface area contributed by atoms with Gasteiger partial charge in [-0.2, -0.15) is 4.79 Å². The van der Waals surface area contributed by atoms with E-state index in [1.165, 1.54) is 6.92 Å². The van der Waals surface area contributed by atoms with Crippen LogP contribution in [0.2, 0.25) is 0 Å². The number of rotatable bonds is 2. The van der Waals surface area contributed by atoms with E-state index >= 15 is 0 Å². The summed E-state index contributed by atoms with van der Waals surface area (Å²) in [6.07, 6.45) is -2.36. The van der Waals surface area contributed by atoms with Crippen LogP contribution in [0.1, 0.15) is 13.8 Å². The summed E-state index contributed by atoms with van der Waals surface area (Å²) < 4.78 is 8.54. The highest BCUT2D eigenvalue weighted by atomic mass is 16.6. The Morgan fingerprint density at radius 3 is 2.31 bits per heavy atom. The standard InChI is InChI=1S/C6H10N2O5/c1-3-12-5(9)7-8(11)6(10)13-4-2/h3-4H2,1-2H3. The number of carbonyl (C=O) groups excluding carboxylic acids is 2. The average Bonchev–Trinajstić information content (AvgIpc) is 2.05. The van der Waals surface area contributed by atoms with E-state index < -0.39 is 17.0 Å². The van der Waals surface area contributed by atoms with Gasteiger partial charge in [0.2, 0.25) is 0 Å². The van der Waals surface area contributed by atoms with Gasteiger partial charge in [0.25, 0.3) is 0 Å². The minimum atomic E-state index is -1.24. The summed E-state index contributed by atoms with van der Waals surface area (Å²) in [6.45, 7) is 3.19. The van der Waals surface area contributed by atoms with Crippen molar-refractivity contribution in [3.05, 3.63) is 5.21 Å². The van der Waals surface area contributed by atoms with Crippen LogP contribution in [0.25, 0.3) is 0 Å². The third kappa shape index (κ3) is 4.72. The molecule has 0 aliphatic heterocycles. The quantitative estimate of drug-likeness (QED) is 0.371. The summed E-state index contributed by atoms with van der Waals surface area (Å²) in [5.74, 6) is 0. The fraction of sp³-hybridized carbons (Fsp3) is 0.667. The van der Waals surface area contributed by atoms with Crippen LogP contribution >= 0.6 is 0 Å². The van der Waals surface area contributed by atoms with Crippen LogP contribution in [0.3, 0.4) is 0 Å². The lowest BCUT2D eigenvalue weighted by Gasteiger charge is -1.97. The molecule has 0 saturated carbocycles. The van der Waals surface area contributed by atoms with Crippen molar-refractivity contribution in [2.75, 3.05) is 13.2 Å². The lowest BCUT2D eigenvalue weighted by Crippen LogP contribution is -2.16. The highest BCUT2D eigenvalue weighted by Crippen LogP contribution is 1.89. The molecule has 7 nitrogen and oxygen atoms in total. The molecule has 0 aromatic carbocycles. The zero-order chi connectivity index (χ0) is 10.3. The van der Waals surface area contributed by atoms with Gasteiger partial charge in [0.05, 0.1) is 13.2 Å². The van der Waals surface area contributed by atoms with Crippen LogP contribution < -0.4 is 0 Å². The predicted octanol–water partition coefficient (Wildman–Crippen LogP) is 1.26. The number of carbonyl (C=O) groups is 2. The van der Waals surface area contributed by atoms with Gasteiger partial charge >= 0.3 is 12.2 Å². The molecule has 0 fully saturated rings. The van der Waals surface area contributed by atoms with Crippen molar-refractivity contribution in [1.82, 2.24) is 0 Å². The average molecular weight is 190 g/mol. The molecule has 13 heavy (non-hydrogen) atoms. The maximum atomic E-state index is 10.6. The smallest absolute Gasteiger partial charge is 0.589 e. The van der Waals surface area contributed by atoms with Crippen LogP contribution in [0, 0.1) is 5.21 Å². The Balaban J connectivity index is 4.14. The van der Waals surface area contributed by atoms with Crippen molar-refractivity contribution < 1.29 is 23.9 Å². The van der Waals surface area contributed by atoms with Crippen LogP contribution in [0.5, 0.6) is 0 Å². The van der Waals surface area contributed by atoms with Gasteiger partial charge in [0, 0.05) is 4.86 Å². The number of amides is 2. The molecule has 0 aromatic rings. The van der Waals surface area contributed by atoms with E-state index in [0.29, 0.717) is 0 Å². The van der Waals surface area contributed by atoms with Gasteiger partial charge in [0.1, 0.15) is 5.11 Å². The van der Waals surface area contributed by atoms with Crippen LogP contribution in [0.15, 0.2) is 5.11 Å². The SMILES string of the molecule is CCOC(=O)N=[N+]([O-])C(=O)OCC. The summed E-state index contributed by atoms with van der Waals surface area (Å²) in [7, 11) is 0. The van der Waals surface area contributed by atoms with Crippen LogP contribution in [0.4, 0.5) is 9.59 Å². The molecule has 74 valence electrons. The Morgan fingerprint density at radius 2 is 1.85 bits per heavy atom. The molecular formula is C6H10N2O5. The Hall–Kier alpha value is -1.66. The second-order valence-electron chi connectivity index (χ2n) is 1.77. The van der Waals surface area contributed by atoms with Gasteiger partial charge in [0.15, 0.2) is 0 Å². The number of nitrogens with zero attached hydrogens (tertiary/aromatic N) is 2. The third-order valence-electron chi connectivity index (χ3n) is 0.864. The first-order valence-corrected chi connectivity index (χ1v) is 3.64. The first-order chi connectivity index (χ1) is 6.11. The first kappa shape index (κ1) is 11.3. The first-order valence-electron chi connectivity index (χ1n) is 3.64. The normalized spacial score (nSPS) is 10.8. The molecule has 0 aliphatic carbocycles. The summed E-state index contributed by atoms with van der Waals surface area (Å²) in [5, 5.41) is 13.3. The molecule has 0 saturated heterocycles. The topological polar surface area (TPSA) is 91.0 Å². The highest BCUT2D eigenvalue weighted by Gasteiger charge is 2.16. The third-order valence-corrected chi connectivity index (χ3v) is 0.864. The summed E-state index contributed by atoms with van der Waals surface area (Å²) in [5.41, 5.74) is 0. The van der Waals surface area contributed by atoms with E-state index in [4.69, 9.17) is 0 Å². The Morgan fingerprint density at radius 1 is 1.31 bits per heavy atom. The molecule has 0 spiro atoms. The molecule has 7 heteroatoms. The van der Waals surface area contributed by atoms with Crippen LogP contribution in [-0.4, -0.2) is 30.3 Å². The van der Waals surface area contributed by atoms with Gasteiger partial charge < -0.3 is 14.7 Å². The van der Waals surface area contributed by atoms with Crippen LogP contribution in [-0.2, 0) is 9.47 Å². The Labute approximate surface area is 74.5 Å². The molecule has 0 rings (SSSR count). The number of hydroxylamine groups is 1. The van der Waals surface area contributed by atoms with Gasteiger partial charge in [-0.1, -0.05) is 0 Å². The number of azo groups is 1. The van der Waals surface area contributed by atoms with Crippen molar-refractivity contribution in [2.24, 2.45) is 5.11 Å². The minimum absolute atomic E-state index is 0.0376. The van der Waals surface area contributed by atoms with E-state index in [2.05, 4.69) is 14.6 Å². The van der Waals surface area contributed by atoms with E-state index in [0.717, 1.165) is 0 Å². The highest BCUT2D eigenvalue weighted by molar-refractivity contribution is 5.68. The van der Waals surface area contributed by atoms with E-state index in [-0.39, 0.29) is 13.2 Å². The maximum absolute atomic E-state index is 10.6. The number of ether oxygens (including phenoxy) is 2. The Kier molecular flexibility index (Phi) is 5.17. The van der Waals surface area contributed by atoms with Gasteiger partial charge in [-0.3, -0.25) is 0 Å². The molecule has 0 aliphatic rings. The summed E-state index contributed by atoms with van der Waals surface area (Å²) >= 11 is 0. The molecule has 0 bridgehead atoms.